The van der Waals surface area contributed by atoms with Crippen molar-refractivity contribution >= 4 is 17.8 Å². The van der Waals surface area contributed by atoms with Gasteiger partial charge in [0.1, 0.15) is 11.9 Å². The Labute approximate surface area is 133 Å². The van der Waals surface area contributed by atoms with Gasteiger partial charge in [-0.25, -0.2) is 4.39 Å². The Morgan fingerprint density at radius 1 is 1.22 bits per heavy atom. The van der Waals surface area contributed by atoms with Crippen LogP contribution in [-0.2, 0) is 25.5 Å². The van der Waals surface area contributed by atoms with Gasteiger partial charge in [0.15, 0.2) is 6.61 Å². The van der Waals surface area contributed by atoms with Gasteiger partial charge in [-0.05, 0) is 37.0 Å². The second kappa shape index (κ2) is 7.71. The zero-order valence-corrected chi connectivity index (χ0v) is 12.7. The molecular weight excluding hydrogens is 303 g/mol. The van der Waals surface area contributed by atoms with Crippen molar-refractivity contribution in [3.63, 3.8) is 0 Å². The summed E-state index contributed by atoms with van der Waals surface area (Å²) < 4.78 is 17.7. The number of halogens is 1. The number of hydrogen-bond acceptors (Lipinski definition) is 4. The first-order chi connectivity index (χ1) is 11.0. The molecule has 1 aromatic carbocycles. The number of rotatable bonds is 5. The van der Waals surface area contributed by atoms with Gasteiger partial charge < -0.3 is 15.4 Å². The summed E-state index contributed by atoms with van der Waals surface area (Å²) in [7, 11) is 0. The van der Waals surface area contributed by atoms with Crippen molar-refractivity contribution in [2.75, 3.05) is 13.2 Å². The zero-order chi connectivity index (χ0) is 16.8. The van der Waals surface area contributed by atoms with Crippen molar-refractivity contribution in [3.8, 4) is 0 Å². The van der Waals surface area contributed by atoms with Gasteiger partial charge in [-0.3, -0.25) is 14.4 Å². The molecule has 1 fully saturated rings. The molecule has 0 saturated carbocycles. The molecule has 1 aliphatic rings. The van der Waals surface area contributed by atoms with E-state index in [1.54, 1.807) is 0 Å². The van der Waals surface area contributed by atoms with Crippen LogP contribution in [0.15, 0.2) is 24.3 Å². The quantitative estimate of drug-likeness (QED) is 0.811. The summed E-state index contributed by atoms with van der Waals surface area (Å²) in [5.74, 6) is -1.95. The number of piperidine rings is 1. The lowest BCUT2D eigenvalue weighted by atomic mass is 10.0. The lowest BCUT2D eigenvalue weighted by molar-refractivity contribution is -0.154. The van der Waals surface area contributed by atoms with Gasteiger partial charge in [0.05, 0.1) is 6.42 Å². The highest BCUT2D eigenvalue weighted by atomic mass is 19.1. The van der Waals surface area contributed by atoms with E-state index in [1.807, 2.05) is 0 Å². The summed E-state index contributed by atoms with van der Waals surface area (Å²) in [6.45, 7) is 0.00571. The fourth-order valence-electron chi connectivity index (χ4n) is 2.57. The number of ether oxygens (including phenoxy) is 1. The molecule has 1 atom stereocenters. The van der Waals surface area contributed by atoms with Crippen LogP contribution in [0, 0.1) is 5.82 Å². The molecule has 6 nitrogen and oxygen atoms in total. The van der Waals surface area contributed by atoms with Crippen LogP contribution >= 0.6 is 0 Å². The number of likely N-dealkylation sites (tertiary alicyclic amines) is 1. The smallest absolute Gasteiger partial charge is 0.310 e. The second-order valence-corrected chi connectivity index (χ2v) is 5.47. The minimum absolute atomic E-state index is 0.0488. The number of amides is 2. The highest BCUT2D eigenvalue weighted by molar-refractivity contribution is 5.88. The lowest BCUT2D eigenvalue weighted by Gasteiger charge is -2.33. The van der Waals surface area contributed by atoms with Crippen LogP contribution in [-0.4, -0.2) is 41.9 Å². The molecule has 1 saturated heterocycles. The predicted octanol–water partition coefficient (Wildman–Crippen LogP) is 0.778. The Balaban J connectivity index is 1.84. The van der Waals surface area contributed by atoms with Gasteiger partial charge in [0.2, 0.25) is 5.91 Å². The monoisotopic (exact) mass is 322 g/mol. The maximum atomic E-state index is 12.8. The van der Waals surface area contributed by atoms with Crippen LogP contribution in [0.5, 0.6) is 0 Å². The van der Waals surface area contributed by atoms with Crippen molar-refractivity contribution in [2.45, 2.75) is 31.7 Å². The maximum Gasteiger partial charge on any atom is 0.310 e. The zero-order valence-electron chi connectivity index (χ0n) is 12.7. The minimum atomic E-state index is -0.632. The summed E-state index contributed by atoms with van der Waals surface area (Å²) in [4.78, 5) is 36.6. The summed E-state index contributed by atoms with van der Waals surface area (Å²) in [6.07, 6.45) is 2.11. The molecule has 1 heterocycles. The van der Waals surface area contributed by atoms with Crippen LogP contribution in [0.4, 0.5) is 4.39 Å². The van der Waals surface area contributed by atoms with E-state index >= 15 is 0 Å². The highest BCUT2D eigenvalue weighted by Gasteiger charge is 2.30. The van der Waals surface area contributed by atoms with Crippen LogP contribution in [0.25, 0.3) is 0 Å². The Morgan fingerprint density at radius 2 is 1.91 bits per heavy atom. The van der Waals surface area contributed by atoms with Gasteiger partial charge in [0.25, 0.3) is 5.91 Å². The second-order valence-electron chi connectivity index (χ2n) is 5.47. The van der Waals surface area contributed by atoms with E-state index in [0.717, 1.165) is 12.8 Å². The Kier molecular flexibility index (Phi) is 5.67. The van der Waals surface area contributed by atoms with Gasteiger partial charge >= 0.3 is 5.97 Å². The van der Waals surface area contributed by atoms with Crippen molar-refractivity contribution in [1.29, 1.82) is 0 Å². The molecular formula is C16H19FN2O4. The average Bonchev–Trinajstić information content (AvgIpc) is 2.54. The molecule has 0 spiro atoms. The molecule has 7 heteroatoms. The Morgan fingerprint density at radius 3 is 2.57 bits per heavy atom. The average molecular weight is 322 g/mol. The van der Waals surface area contributed by atoms with E-state index in [0.29, 0.717) is 18.5 Å². The molecule has 0 bridgehead atoms. The van der Waals surface area contributed by atoms with Crippen molar-refractivity contribution < 1.29 is 23.5 Å². The third kappa shape index (κ3) is 4.77. The molecule has 0 aliphatic carbocycles. The third-order valence-electron chi connectivity index (χ3n) is 3.77. The molecule has 1 aliphatic heterocycles. The highest BCUT2D eigenvalue weighted by Crippen LogP contribution is 2.17. The first kappa shape index (κ1) is 16.9. The number of carbonyl (C=O) groups is 3. The molecule has 2 rings (SSSR count). The first-order valence-electron chi connectivity index (χ1n) is 7.46. The van der Waals surface area contributed by atoms with E-state index in [1.165, 1.54) is 29.2 Å². The predicted molar refractivity (Wildman–Crippen MR) is 79.6 cm³/mol. The molecule has 1 aromatic rings. The number of esters is 1. The molecule has 2 N–H and O–H groups in total. The first-order valence-corrected chi connectivity index (χ1v) is 7.46. The number of primary amides is 1. The number of nitrogens with zero attached hydrogens (tertiary/aromatic N) is 1. The SMILES string of the molecule is NC(=O)[C@H]1CCCCN1C(=O)COC(=O)Cc1ccc(F)cc1. The summed E-state index contributed by atoms with van der Waals surface area (Å²) in [5, 5.41) is 0. The number of carbonyl (C=O) groups excluding carboxylic acids is 3. The number of nitrogens with two attached hydrogens (primary N) is 1. The Bertz CT molecular complexity index is 588. The number of hydrogen-bond donors (Lipinski definition) is 1. The molecule has 23 heavy (non-hydrogen) atoms. The van der Waals surface area contributed by atoms with Gasteiger partial charge in [-0.15, -0.1) is 0 Å². The van der Waals surface area contributed by atoms with Crippen LogP contribution in [0.3, 0.4) is 0 Å². The summed E-state index contributed by atoms with van der Waals surface area (Å²) in [5.41, 5.74) is 5.89. The fraction of sp³-hybridized carbons (Fsp3) is 0.438. The third-order valence-corrected chi connectivity index (χ3v) is 3.77. The van der Waals surface area contributed by atoms with Crippen molar-refractivity contribution in [2.24, 2.45) is 5.73 Å². The van der Waals surface area contributed by atoms with E-state index in [2.05, 4.69) is 0 Å². The lowest BCUT2D eigenvalue weighted by Crippen LogP contribution is -2.51. The van der Waals surface area contributed by atoms with Crippen LogP contribution in [0.2, 0.25) is 0 Å². The van der Waals surface area contributed by atoms with Crippen molar-refractivity contribution in [1.82, 2.24) is 4.90 Å². The normalized spacial score (nSPS) is 17.6. The summed E-state index contributed by atoms with van der Waals surface area (Å²) in [6, 6.07) is 4.82. The van der Waals surface area contributed by atoms with E-state index in [4.69, 9.17) is 10.5 Å². The number of benzene rings is 1. The standard InChI is InChI=1S/C16H19FN2O4/c17-12-6-4-11(5-7-12)9-15(21)23-10-14(20)19-8-2-1-3-13(19)16(18)22/h4-7,13H,1-3,8-10H2,(H2,18,22)/t13-/m1/s1. The minimum Gasteiger partial charge on any atom is -0.455 e. The van der Waals surface area contributed by atoms with Crippen LogP contribution < -0.4 is 5.73 Å². The van der Waals surface area contributed by atoms with E-state index in [-0.39, 0.29) is 12.2 Å². The topological polar surface area (TPSA) is 89.7 Å². The van der Waals surface area contributed by atoms with Crippen LogP contribution in [0.1, 0.15) is 24.8 Å². The molecule has 0 radical (unpaired) electrons. The molecule has 124 valence electrons. The van der Waals surface area contributed by atoms with Gasteiger partial charge in [-0.1, -0.05) is 12.1 Å². The van der Waals surface area contributed by atoms with E-state index in [9.17, 15) is 18.8 Å². The van der Waals surface area contributed by atoms with E-state index < -0.39 is 30.4 Å². The largest absolute Gasteiger partial charge is 0.455 e. The summed E-state index contributed by atoms with van der Waals surface area (Å²) >= 11 is 0. The fourth-order valence-corrected chi connectivity index (χ4v) is 2.57. The molecule has 0 aromatic heterocycles. The molecule has 2 amide bonds. The van der Waals surface area contributed by atoms with Crippen molar-refractivity contribution in [3.05, 3.63) is 35.6 Å². The van der Waals surface area contributed by atoms with Gasteiger partial charge in [-0.2, -0.15) is 0 Å². The maximum absolute atomic E-state index is 12.8. The molecule has 0 unspecified atom stereocenters. The Hall–Kier alpha value is -2.44. The van der Waals surface area contributed by atoms with Gasteiger partial charge in [0, 0.05) is 6.54 Å².